The molecule has 3 nitrogen and oxygen atoms in total. The molecule has 102 valence electrons. The van der Waals surface area contributed by atoms with E-state index >= 15 is 0 Å². The normalized spacial score (nSPS) is 11.8. The van der Waals surface area contributed by atoms with Crippen LogP contribution in [0.15, 0.2) is 36.4 Å². The minimum absolute atomic E-state index is 0.00253. The van der Waals surface area contributed by atoms with E-state index < -0.39 is 17.7 Å². The van der Waals surface area contributed by atoms with E-state index in [9.17, 15) is 13.9 Å². The van der Waals surface area contributed by atoms with Crippen LogP contribution in [0.3, 0.4) is 0 Å². The fourth-order valence-corrected chi connectivity index (χ4v) is 1.79. The smallest absolute Gasteiger partial charge is 0.144 e. The van der Waals surface area contributed by atoms with Crippen LogP contribution < -0.4 is 4.74 Å². The van der Waals surface area contributed by atoms with Crippen molar-refractivity contribution in [2.24, 2.45) is 0 Å². The maximum atomic E-state index is 13.6. The molecule has 0 fully saturated rings. The molecule has 0 saturated heterocycles. The molecule has 0 amide bonds. The molecule has 0 aliphatic rings. The van der Waals surface area contributed by atoms with Crippen molar-refractivity contribution in [1.82, 2.24) is 0 Å². The topological polar surface area (TPSA) is 53.2 Å². The number of aliphatic hydroxyl groups excluding tert-OH is 1. The van der Waals surface area contributed by atoms with Crippen LogP contribution in [0, 0.1) is 23.0 Å². The molecule has 1 atom stereocenters. The predicted octanol–water partition coefficient (Wildman–Crippen LogP) is 3.68. The molecule has 2 aromatic carbocycles. The molecule has 5 heteroatoms. The van der Waals surface area contributed by atoms with E-state index in [1.165, 1.54) is 37.3 Å². The fraction of sp³-hybridized carbons (Fsp3) is 0.133. The minimum Gasteiger partial charge on any atom is -0.457 e. The number of ether oxygens (including phenoxy) is 1. The van der Waals surface area contributed by atoms with Crippen molar-refractivity contribution in [3.05, 3.63) is 59.2 Å². The van der Waals surface area contributed by atoms with Gasteiger partial charge in [0.1, 0.15) is 29.2 Å². The molecule has 20 heavy (non-hydrogen) atoms. The van der Waals surface area contributed by atoms with Gasteiger partial charge in [-0.3, -0.25) is 0 Å². The summed E-state index contributed by atoms with van der Waals surface area (Å²) in [6.07, 6.45) is -1.06. The van der Waals surface area contributed by atoms with Gasteiger partial charge in [-0.1, -0.05) is 6.07 Å². The molecule has 0 aromatic heterocycles. The molecule has 0 aliphatic carbocycles. The number of hydrogen-bond acceptors (Lipinski definition) is 3. The lowest BCUT2D eigenvalue weighted by Gasteiger charge is -2.14. The van der Waals surface area contributed by atoms with Crippen LogP contribution in [0.25, 0.3) is 0 Å². The van der Waals surface area contributed by atoms with E-state index in [0.29, 0.717) is 0 Å². The molecular weight excluding hydrogens is 264 g/mol. The third kappa shape index (κ3) is 2.76. The molecule has 0 saturated carbocycles. The largest absolute Gasteiger partial charge is 0.457 e. The van der Waals surface area contributed by atoms with Gasteiger partial charge in [0.05, 0.1) is 17.2 Å². The summed E-state index contributed by atoms with van der Waals surface area (Å²) in [4.78, 5) is 0. The first-order valence-electron chi connectivity index (χ1n) is 5.87. The molecule has 2 aromatic rings. The SMILES string of the molecule is C[C@@H](O)c1c(F)cccc1Oc1ccc(C#N)c(F)c1. The Bertz CT molecular complexity index is 678. The Hall–Kier alpha value is -2.45. The van der Waals surface area contributed by atoms with Gasteiger partial charge in [-0.2, -0.15) is 5.26 Å². The first kappa shape index (κ1) is 14.0. The lowest BCUT2D eigenvalue weighted by atomic mass is 10.1. The first-order valence-corrected chi connectivity index (χ1v) is 5.87. The highest BCUT2D eigenvalue weighted by Gasteiger charge is 2.15. The first-order chi connectivity index (χ1) is 9.52. The quantitative estimate of drug-likeness (QED) is 0.929. The van der Waals surface area contributed by atoms with Crippen LogP contribution in [-0.4, -0.2) is 5.11 Å². The van der Waals surface area contributed by atoms with Gasteiger partial charge in [-0.25, -0.2) is 8.78 Å². The van der Waals surface area contributed by atoms with Crippen LogP contribution in [0.5, 0.6) is 11.5 Å². The number of benzene rings is 2. The van der Waals surface area contributed by atoms with Gasteiger partial charge >= 0.3 is 0 Å². The maximum absolute atomic E-state index is 13.6. The second kappa shape index (κ2) is 5.68. The van der Waals surface area contributed by atoms with Crippen molar-refractivity contribution in [2.75, 3.05) is 0 Å². The van der Waals surface area contributed by atoms with E-state index in [1.807, 2.05) is 0 Å². The third-order valence-corrected chi connectivity index (χ3v) is 2.72. The summed E-state index contributed by atoms with van der Waals surface area (Å²) in [5.41, 5.74) is -0.107. The summed E-state index contributed by atoms with van der Waals surface area (Å²) in [5.74, 6) is -1.11. The number of aliphatic hydroxyl groups is 1. The molecule has 0 aliphatic heterocycles. The zero-order valence-corrected chi connectivity index (χ0v) is 10.6. The molecule has 0 heterocycles. The lowest BCUT2D eigenvalue weighted by molar-refractivity contribution is 0.190. The maximum Gasteiger partial charge on any atom is 0.144 e. The Morgan fingerprint density at radius 2 is 1.95 bits per heavy atom. The molecule has 0 unspecified atom stereocenters. The highest BCUT2D eigenvalue weighted by atomic mass is 19.1. The minimum atomic E-state index is -1.06. The van der Waals surface area contributed by atoms with Crippen LogP contribution in [0.2, 0.25) is 0 Å². The van der Waals surface area contributed by atoms with Gasteiger partial charge in [0.15, 0.2) is 0 Å². The summed E-state index contributed by atoms with van der Waals surface area (Å²) in [5, 5.41) is 18.2. The zero-order valence-electron chi connectivity index (χ0n) is 10.6. The van der Waals surface area contributed by atoms with E-state index in [1.54, 1.807) is 6.07 Å². The number of hydrogen-bond donors (Lipinski definition) is 1. The van der Waals surface area contributed by atoms with Crippen molar-refractivity contribution in [3.63, 3.8) is 0 Å². The number of nitriles is 1. The molecule has 0 bridgehead atoms. The summed E-state index contributed by atoms with van der Waals surface area (Å²) in [7, 11) is 0. The highest BCUT2D eigenvalue weighted by molar-refractivity contribution is 5.42. The zero-order chi connectivity index (χ0) is 14.7. The van der Waals surface area contributed by atoms with Crippen LogP contribution in [0.4, 0.5) is 8.78 Å². The summed E-state index contributed by atoms with van der Waals surface area (Å²) < 4.78 is 32.5. The monoisotopic (exact) mass is 275 g/mol. The average Bonchev–Trinajstić information content (AvgIpc) is 2.38. The predicted molar refractivity (Wildman–Crippen MR) is 68.2 cm³/mol. The Kier molecular flexibility index (Phi) is 3.97. The fourth-order valence-electron chi connectivity index (χ4n) is 1.79. The van der Waals surface area contributed by atoms with Crippen molar-refractivity contribution >= 4 is 0 Å². The van der Waals surface area contributed by atoms with Gasteiger partial charge in [-0.05, 0) is 31.2 Å². The van der Waals surface area contributed by atoms with E-state index in [2.05, 4.69) is 0 Å². The molecular formula is C15H11F2NO2. The number of halogens is 2. The summed E-state index contributed by atoms with van der Waals surface area (Å²) in [6, 6.07) is 9.51. The average molecular weight is 275 g/mol. The lowest BCUT2D eigenvalue weighted by Crippen LogP contribution is -2.00. The van der Waals surface area contributed by atoms with Crippen molar-refractivity contribution in [2.45, 2.75) is 13.0 Å². The molecule has 0 radical (unpaired) electrons. The van der Waals surface area contributed by atoms with E-state index in [0.717, 1.165) is 6.07 Å². The molecule has 2 rings (SSSR count). The Morgan fingerprint density at radius 1 is 1.20 bits per heavy atom. The number of rotatable bonds is 3. The van der Waals surface area contributed by atoms with Crippen LogP contribution in [0.1, 0.15) is 24.2 Å². The van der Waals surface area contributed by atoms with Gasteiger partial charge in [0, 0.05) is 6.07 Å². The highest BCUT2D eigenvalue weighted by Crippen LogP contribution is 2.32. The van der Waals surface area contributed by atoms with Crippen LogP contribution >= 0.6 is 0 Å². The standard InChI is InChI=1S/C15H11F2NO2/c1-9(19)15-12(16)3-2-4-14(15)20-11-6-5-10(8-18)13(17)7-11/h2-7,9,19H,1H3/t9-/m1/s1. The second-order valence-corrected chi connectivity index (χ2v) is 4.18. The Balaban J connectivity index is 2.38. The third-order valence-electron chi connectivity index (χ3n) is 2.72. The second-order valence-electron chi connectivity index (χ2n) is 4.18. The van der Waals surface area contributed by atoms with Gasteiger partial charge in [0.2, 0.25) is 0 Å². The van der Waals surface area contributed by atoms with Crippen molar-refractivity contribution in [1.29, 1.82) is 5.26 Å². The van der Waals surface area contributed by atoms with E-state index in [-0.39, 0.29) is 22.6 Å². The van der Waals surface area contributed by atoms with E-state index in [4.69, 9.17) is 10.00 Å². The Labute approximate surface area is 114 Å². The van der Waals surface area contributed by atoms with Crippen molar-refractivity contribution in [3.8, 4) is 17.6 Å². The molecule has 0 spiro atoms. The molecule has 1 N–H and O–H groups in total. The summed E-state index contributed by atoms with van der Waals surface area (Å²) >= 11 is 0. The number of nitrogens with zero attached hydrogens (tertiary/aromatic N) is 1. The summed E-state index contributed by atoms with van der Waals surface area (Å²) in [6.45, 7) is 1.41. The van der Waals surface area contributed by atoms with Gasteiger partial charge < -0.3 is 9.84 Å². The van der Waals surface area contributed by atoms with Crippen LogP contribution in [-0.2, 0) is 0 Å². The van der Waals surface area contributed by atoms with Gasteiger partial charge in [0.25, 0.3) is 0 Å². The van der Waals surface area contributed by atoms with Gasteiger partial charge in [-0.15, -0.1) is 0 Å². The Morgan fingerprint density at radius 3 is 2.55 bits per heavy atom. The van der Waals surface area contributed by atoms with Crippen molar-refractivity contribution < 1.29 is 18.6 Å².